The minimum absolute atomic E-state index is 0.738. The average Bonchev–Trinajstić information content (AvgIpc) is 2.85. The Morgan fingerprint density at radius 3 is 1.97 bits per heavy atom. The molecule has 1 aliphatic carbocycles. The Labute approximate surface area is 235 Å². The van der Waals surface area contributed by atoms with Crippen molar-refractivity contribution in [2.24, 2.45) is 9.26 Å². The van der Waals surface area contributed by atoms with Crippen LogP contribution >= 0.6 is 15.0 Å². The molecule has 9 heteroatoms. The molecule has 2 aliphatic rings. The number of hydrogen-bond acceptors (Lipinski definition) is 1. The summed E-state index contributed by atoms with van der Waals surface area (Å²) in [5.41, 5.74) is 2.94. The van der Waals surface area contributed by atoms with Gasteiger partial charge in [0, 0.05) is 26.2 Å². The Balaban J connectivity index is 2.02. The first-order chi connectivity index (χ1) is 18.2. The van der Waals surface area contributed by atoms with Crippen LogP contribution < -0.4 is 0 Å². The lowest BCUT2D eigenvalue weighted by molar-refractivity contribution is 0.331. The second-order valence-corrected chi connectivity index (χ2v) is 18.6. The third kappa shape index (κ3) is 7.40. The third-order valence-corrected chi connectivity index (χ3v) is 16.2. The maximum absolute atomic E-state index is 5.92. The van der Waals surface area contributed by atoms with Gasteiger partial charge in [-0.1, -0.05) is 69.7 Å². The number of nitrogens with zero attached hydrogens (tertiary/aromatic N) is 7. The quantitative estimate of drug-likeness (QED) is 0.212. The Bertz CT molecular complexity index is 922. The van der Waals surface area contributed by atoms with Gasteiger partial charge in [-0.25, -0.2) is 9.34 Å². The molecule has 0 aromatic heterocycles. The minimum atomic E-state index is -2.28. The zero-order valence-electron chi connectivity index (χ0n) is 25.8. The zero-order chi connectivity index (χ0) is 27.8. The van der Waals surface area contributed by atoms with Gasteiger partial charge in [-0.2, -0.15) is 4.52 Å². The molecule has 38 heavy (non-hydrogen) atoms. The van der Waals surface area contributed by atoms with Crippen LogP contribution in [0.2, 0.25) is 0 Å². The Morgan fingerprint density at radius 2 is 1.42 bits per heavy atom. The van der Waals surface area contributed by atoms with Crippen LogP contribution in [0.15, 0.2) is 33.5 Å². The van der Waals surface area contributed by atoms with Gasteiger partial charge in [0.2, 0.25) is 7.51 Å². The van der Waals surface area contributed by atoms with E-state index in [-0.39, 0.29) is 0 Å². The second-order valence-electron chi connectivity index (χ2n) is 11.8. The molecule has 7 nitrogen and oxygen atoms in total. The van der Waals surface area contributed by atoms with Crippen molar-refractivity contribution >= 4 is 15.0 Å². The highest BCUT2D eigenvalue weighted by Crippen LogP contribution is 2.70. The summed E-state index contributed by atoms with van der Waals surface area (Å²) in [4.78, 5) is 0. The fraction of sp³-hybridized carbons (Fsp3) is 0.793. The molecule has 1 atom stereocenters. The van der Waals surface area contributed by atoms with E-state index in [2.05, 4.69) is 104 Å². The molecule has 2 fully saturated rings. The third-order valence-electron chi connectivity index (χ3n) is 8.31. The molecule has 1 aliphatic heterocycles. The van der Waals surface area contributed by atoms with Crippen LogP contribution in [0.5, 0.6) is 0 Å². The van der Waals surface area contributed by atoms with Gasteiger partial charge in [0.1, 0.15) is 0 Å². The first-order valence-corrected chi connectivity index (χ1v) is 18.2. The van der Waals surface area contributed by atoms with Crippen molar-refractivity contribution in [3.8, 4) is 0 Å². The van der Waals surface area contributed by atoms with Gasteiger partial charge in [-0.05, 0) is 92.1 Å². The van der Waals surface area contributed by atoms with Crippen molar-refractivity contribution in [2.45, 2.75) is 83.6 Å². The van der Waals surface area contributed by atoms with E-state index >= 15 is 0 Å². The zero-order valence-corrected chi connectivity index (χ0v) is 27.6. The smallest absolute Gasteiger partial charge is 0.213 e. The van der Waals surface area contributed by atoms with Crippen LogP contribution in [0, 0.1) is 0 Å². The molecule has 1 saturated heterocycles. The van der Waals surface area contributed by atoms with E-state index in [4.69, 9.17) is 9.26 Å². The number of benzene rings is 1. The van der Waals surface area contributed by atoms with E-state index in [0.29, 0.717) is 0 Å². The van der Waals surface area contributed by atoms with Crippen molar-refractivity contribution in [3.63, 3.8) is 0 Å². The molecule has 1 heterocycles. The lowest BCUT2D eigenvalue weighted by atomic mass is 9.86. The van der Waals surface area contributed by atoms with Crippen LogP contribution in [0.3, 0.4) is 0 Å². The minimum Gasteiger partial charge on any atom is -0.255 e. The van der Waals surface area contributed by atoms with Crippen LogP contribution in [-0.4, -0.2) is 92.3 Å². The molecule has 1 unspecified atom stereocenters. The van der Waals surface area contributed by atoms with Crippen molar-refractivity contribution < 1.29 is 0 Å². The normalized spacial score (nSPS) is 23.1. The molecule has 0 spiro atoms. The highest BCUT2D eigenvalue weighted by molar-refractivity contribution is 7.71. The van der Waals surface area contributed by atoms with Crippen LogP contribution in [0.4, 0.5) is 0 Å². The molecule has 0 N–H and O–H groups in total. The molecule has 0 radical (unpaired) electrons. The van der Waals surface area contributed by atoms with Crippen molar-refractivity contribution in [2.75, 3.05) is 69.0 Å². The van der Waals surface area contributed by atoms with Gasteiger partial charge >= 0.3 is 0 Å². The highest BCUT2D eigenvalue weighted by atomic mass is 31.2. The first kappa shape index (κ1) is 32.0. The monoisotopic (exact) mass is 565 g/mol. The summed E-state index contributed by atoms with van der Waals surface area (Å²) in [5.74, 6) is 0.738. The Hall–Kier alpha value is -0.520. The molecule has 1 saturated carbocycles. The summed E-state index contributed by atoms with van der Waals surface area (Å²) in [5, 5.41) is 0. The summed E-state index contributed by atoms with van der Waals surface area (Å²) in [6.07, 6.45) is 13.1. The fourth-order valence-electron chi connectivity index (χ4n) is 6.22. The largest absolute Gasteiger partial charge is 0.255 e. The van der Waals surface area contributed by atoms with Gasteiger partial charge in [0.05, 0.1) is 0 Å². The van der Waals surface area contributed by atoms with Gasteiger partial charge in [0.25, 0.3) is 0 Å². The van der Waals surface area contributed by atoms with E-state index in [9.17, 15) is 0 Å². The van der Waals surface area contributed by atoms with Crippen LogP contribution in [0.25, 0.3) is 0 Å². The lowest BCUT2D eigenvalue weighted by Crippen LogP contribution is -2.38. The predicted molar refractivity (Wildman–Crippen MR) is 169 cm³/mol. The number of unbranched alkanes of at least 4 members (excludes halogenated alkanes) is 1. The van der Waals surface area contributed by atoms with Gasteiger partial charge in [-0.15, -0.1) is 0 Å². The highest BCUT2D eigenvalue weighted by Gasteiger charge is 2.40. The van der Waals surface area contributed by atoms with E-state index in [1.54, 1.807) is 5.56 Å². The SMILES string of the molecule is CCCCN=P1(N=P(N(C)C)(N(C)C)N(C)C)N(C)CCCN1Cc1ccc(C2CCCCCCC2)cc1. The summed E-state index contributed by atoms with van der Waals surface area (Å²) < 4.78 is 23.7. The van der Waals surface area contributed by atoms with Crippen molar-refractivity contribution in [1.29, 1.82) is 0 Å². The molecular formula is C29H57N7P2. The van der Waals surface area contributed by atoms with Crippen molar-refractivity contribution in [1.82, 2.24) is 23.4 Å². The van der Waals surface area contributed by atoms with Gasteiger partial charge in [0.15, 0.2) is 7.51 Å². The van der Waals surface area contributed by atoms with E-state index in [1.807, 2.05) is 0 Å². The average molecular weight is 566 g/mol. The van der Waals surface area contributed by atoms with E-state index < -0.39 is 15.0 Å². The van der Waals surface area contributed by atoms with Crippen LogP contribution in [0.1, 0.15) is 88.2 Å². The predicted octanol–water partition coefficient (Wildman–Crippen LogP) is 8.03. The maximum atomic E-state index is 5.92. The summed E-state index contributed by atoms with van der Waals surface area (Å²) >= 11 is 0. The fourth-order valence-corrected chi connectivity index (χ4v) is 15.2. The molecular weight excluding hydrogens is 508 g/mol. The van der Waals surface area contributed by atoms with Gasteiger partial charge in [-0.3, -0.25) is 18.8 Å². The van der Waals surface area contributed by atoms with E-state index in [1.165, 1.54) is 50.5 Å². The maximum Gasteiger partial charge on any atom is 0.213 e. The van der Waals surface area contributed by atoms with Crippen LogP contribution in [-0.2, 0) is 6.54 Å². The first-order valence-electron chi connectivity index (χ1n) is 15.0. The Kier molecular flexibility index (Phi) is 12.6. The molecule has 1 aromatic rings. The molecule has 0 bridgehead atoms. The van der Waals surface area contributed by atoms with Crippen molar-refractivity contribution in [3.05, 3.63) is 35.4 Å². The molecule has 1 aromatic carbocycles. The summed E-state index contributed by atoms with van der Waals surface area (Å²) in [6.45, 7) is 6.16. The summed E-state index contributed by atoms with van der Waals surface area (Å²) in [7, 11) is 11.0. The molecule has 0 amide bonds. The Morgan fingerprint density at radius 1 is 0.842 bits per heavy atom. The van der Waals surface area contributed by atoms with Gasteiger partial charge < -0.3 is 0 Å². The topological polar surface area (TPSA) is 40.9 Å². The number of rotatable bonds is 10. The second kappa shape index (κ2) is 14.9. The van der Waals surface area contributed by atoms with E-state index in [0.717, 1.165) is 51.4 Å². The molecule has 3 rings (SSSR count). The lowest BCUT2D eigenvalue weighted by Gasteiger charge is -2.48. The summed E-state index contributed by atoms with van der Waals surface area (Å²) in [6, 6.07) is 9.65. The molecule has 218 valence electrons. The number of hydrogen-bond donors (Lipinski definition) is 0. The standard InChI is InChI=1S/C29H57N7P2/c1-9-10-23-30-37(31-38(32(2)3,33(4)5)34(6)7)35(8)24-16-25-36(37)26-27-19-21-29(22-20-27)28-17-14-12-11-13-15-18-28/h19-22,28H,9-18,23-26H2,1-8H3.